The first-order chi connectivity index (χ1) is 15.8. The van der Waals surface area contributed by atoms with Gasteiger partial charge in [-0.15, -0.1) is 0 Å². The lowest BCUT2D eigenvalue weighted by atomic mass is 9.63. The van der Waals surface area contributed by atoms with E-state index in [1.54, 1.807) is 0 Å². The molecule has 182 valence electrons. The predicted octanol–water partition coefficient (Wildman–Crippen LogP) is 6.21. The largest absolute Gasteiger partial charge is 0.383 e. The second kappa shape index (κ2) is 6.50. The fourth-order valence-corrected chi connectivity index (χ4v) is 8.94. The molecule has 0 radical (unpaired) electrons. The molecule has 4 heteroatoms. The van der Waals surface area contributed by atoms with Crippen LogP contribution < -0.4 is 0 Å². The van der Waals surface area contributed by atoms with Gasteiger partial charge in [0.05, 0.1) is 22.8 Å². The molecule has 4 aliphatic carbocycles. The van der Waals surface area contributed by atoms with E-state index >= 15 is 0 Å². The molecule has 2 aromatic heterocycles. The predicted molar refractivity (Wildman–Crippen MR) is 134 cm³/mol. The molecule has 4 fully saturated rings. The minimum Gasteiger partial charge on any atom is -0.383 e. The number of hydrogen-bond acceptors (Lipinski definition) is 4. The molecule has 6 rings (SSSR count). The average molecular weight is 461 g/mol. The van der Waals surface area contributed by atoms with E-state index < -0.39 is 11.2 Å². The summed E-state index contributed by atoms with van der Waals surface area (Å²) in [6.45, 7) is 13.8. The normalized spacial score (nSPS) is 43.5. The molecule has 2 aromatic rings. The molecule has 2 N–H and O–H groups in total. The Balaban J connectivity index is 1.39. The quantitative estimate of drug-likeness (QED) is 0.571. The summed E-state index contributed by atoms with van der Waals surface area (Å²) in [5, 5.41) is 24.1. The lowest BCUT2D eigenvalue weighted by molar-refractivity contribution is -0.0991. The van der Waals surface area contributed by atoms with E-state index in [1.807, 2.05) is 36.4 Å². The van der Waals surface area contributed by atoms with Gasteiger partial charge in [-0.05, 0) is 85.5 Å². The van der Waals surface area contributed by atoms with Gasteiger partial charge in [0.1, 0.15) is 11.2 Å². The van der Waals surface area contributed by atoms with Crippen LogP contribution in [0.25, 0.3) is 11.4 Å². The molecule has 34 heavy (non-hydrogen) atoms. The van der Waals surface area contributed by atoms with Crippen molar-refractivity contribution in [1.29, 1.82) is 0 Å². The number of fused-ring (bicyclic) bond motifs is 4. The second-order valence-corrected chi connectivity index (χ2v) is 13.5. The Morgan fingerprint density at radius 3 is 1.32 bits per heavy atom. The van der Waals surface area contributed by atoms with Crippen molar-refractivity contribution in [3.05, 3.63) is 47.8 Å². The third-order valence-corrected chi connectivity index (χ3v) is 12.4. The first kappa shape index (κ1) is 22.7. The van der Waals surface area contributed by atoms with Gasteiger partial charge in [-0.1, -0.05) is 53.7 Å². The first-order valence-corrected chi connectivity index (χ1v) is 13.2. The Labute approximate surface area is 204 Å². The molecule has 4 saturated carbocycles. The minimum atomic E-state index is -0.923. The number of rotatable bonds is 3. The van der Waals surface area contributed by atoms with Gasteiger partial charge in [0.15, 0.2) is 0 Å². The zero-order chi connectivity index (χ0) is 24.4. The SMILES string of the molecule is CC1(C)[C@H]2CC[C@]1(C)[C@](O)(c1cccc(-c3cccc([C@]4(O)C[C@@H]5CC[C@@]4(C)C5(C)C)n3)n1)C2. The van der Waals surface area contributed by atoms with E-state index in [0.717, 1.165) is 48.5 Å². The van der Waals surface area contributed by atoms with Gasteiger partial charge in [0, 0.05) is 10.8 Å². The summed E-state index contributed by atoms with van der Waals surface area (Å²) >= 11 is 0. The molecule has 2 heterocycles. The molecule has 6 atom stereocenters. The molecule has 4 bridgehead atoms. The molecular weight excluding hydrogens is 420 g/mol. The van der Waals surface area contributed by atoms with Gasteiger partial charge in [-0.25, -0.2) is 9.97 Å². The van der Waals surface area contributed by atoms with Crippen LogP contribution in [0.1, 0.15) is 91.5 Å². The average Bonchev–Trinajstić information content (AvgIpc) is 3.30. The van der Waals surface area contributed by atoms with Crippen molar-refractivity contribution in [1.82, 2.24) is 9.97 Å². The molecule has 0 aromatic carbocycles. The molecular formula is C30H40N2O2. The Morgan fingerprint density at radius 1 is 0.647 bits per heavy atom. The van der Waals surface area contributed by atoms with Crippen LogP contribution in [-0.2, 0) is 11.2 Å². The topological polar surface area (TPSA) is 66.2 Å². The summed E-state index contributed by atoms with van der Waals surface area (Å²) in [5.74, 6) is 1.04. The van der Waals surface area contributed by atoms with Gasteiger partial charge < -0.3 is 10.2 Å². The zero-order valence-corrected chi connectivity index (χ0v) is 21.7. The van der Waals surface area contributed by atoms with Crippen molar-refractivity contribution in [3.63, 3.8) is 0 Å². The summed E-state index contributed by atoms with van der Waals surface area (Å²) < 4.78 is 0. The number of pyridine rings is 2. The monoisotopic (exact) mass is 460 g/mol. The zero-order valence-electron chi connectivity index (χ0n) is 21.7. The lowest BCUT2D eigenvalue weighted by Crippen LogP contribution is -2.45. The maximum atomic E-state index is 12.0. The van der Waals surface area contributed by atoms with Gasteiger partial charge in [0.25, 0.3) is 0 Å². The molecule has 0 unspecified atom stereocenters. The number of hydrogen-bond donors (Lipinski definition) is 2. The maximum Gasteiger partial charge on any atom is 0.113 e. The van der Waals surface area contributed by atoms with Crippen molar-refractivity contribution in [2.75, 3.05) is 0 Å². The molecule has 0 aliphatic heterocycles. The third kappa shape index (κ3) is 2.38. The molecule has 0 amide bonds. The highest BCUT2D eigenvalue weighted by molar-refractivity contribution is 5.55. The van der Waals surface area contributed by atoms with Crippen molar-refractivity contribution in [2.45, 2.75) is 91.3 Å². The van der Waals surface area contributed by atoms with Crippen LogP contribution in [0.5, 0.6) is 0 Å². The Morgan fingerprint density at radius 2 is 1.03 bits per heavy atom. The van der Waals surface area contributed by atoms with Crippen molar-refractivity contribution < 1.29 is 10.2 Å². The van der Waals surface area contributed by atoms with E-state index in [9.17, 15) is 10.2 Å². The van der Waals surface area contributed by atoms with Crippen molar-refractivity contribution in [3.8, 4) is 11.4 Å². The summed E-state index contributed by atoms with van der Waals surface area (Å²) in [5.41, 5.74) is 1.02. The Bertz CT molecular complexity index is 1080. The van der Waals surface area contributed by atoms with E-state index in [-0.39, 0.29) is 21.7 Å². The fourth-order valence-electron chi connectivity index (χ4n) is 8.94. The lowest BCUT2D eigenvalue weighted by Gasteiger charge is -2.45. The van der Waals surface area contributed by atoms with Gasteiger partial charge in [0.2, 0.25) is 0 Å². The maximum absolute atomic E-state index is 12.0. The minimum absolute atomic E-state index is 0.0882. The molecule has 4 aliphatic rings. The molecule has 0 spiro atoms. The van der Waals surface area contributed by atoms with Crippen molar-refractivity contribution >= 4 is 0 Å². The third-order valence-electron chi connectivity index (χ3n) is 12.4. The van der Waals surface area contributed by atoms with E-state index in [2.05, 4.69) is 41.5 Å². The summed E-state index contributed by atoms with van der Waals surface area (Å²) in [6.07, 6.45) is 5.98. The van der Waals surface area contributed by atoms with Gasteiger partial charge in [-0.2, -0.15) is 0 Å². The highest BCUT2D eigenvalue weighted by atomic mass is 16.3. The Hall–Kier alpha value is -1.78. The summed E-state index contributed by atoms with van der Waals surface area (Å²) in [4.78, 5) is 10.0. The fraction of sp³-hybridized carbons (Fsp3) is 0.667. The van der Waals surface area contributed by atoms with Crippen LogP contribution in [0, 0.1) is 33.5 Å². The summed E-state index contributed by atoms with van der Waals surface area (Å²) in [6, 6.07) is 11.9. The van der Waals surface area contributed by atoms with Gasteiger partial charge in [-0.3, -0.25) is 0 Å². The van der Waals surface area contributed by atoms with Crippen LogP contribution >= 0.6 is 0 Å². The highest BCUT2D eigenvalue weighted by Crippen LogP contribution is 2.73. The highest BCUT2D eigenvalue weighted by Gasteiger charge is 2.70. The van der Waals surface area contributed by atoms with Crippen LogP contribution in [0.4, 0.5) is 0 Å². The van der Waals surface area contributed by atoms with Crippen LogP contribution in [0.3, 0.4) is 0 Å². The van der Waals surface area contributed by atoms with Crippen LogP contribution in [-0.4, -0.2) is 20.2 Å². The smallest absolute Gasteiger partial charge is 0.113 e. The number of nitrogens with zero attached hydrogens (tertiary/aromatic N) is 2. The van der Waals surface area contributed by atoms with Crippen LogP contribution in [0.15, 0.2) is 36.4 Å². The molecule has 0 saturated heterocycles. The van der Waals surface area contributed by atoms with Gasteiger partial charge >= 0.3 is 0 Å². The molecule has 4 nitrogen and oxygen atoms in total. The van der Waals surface area contributed by atoms with Crippen molar-refractivity contribution in [2.24, 2.45) is 33.5 Å². The summed E-state index contributed by atoms with van der Waals surface area (Å²) in [7, 11) is 0. The number of aliphatic hydroxyl groups is 2. The second-order valence-electron chi connectivity index (χ2n) is 13.5. The van der Waals surface area contributed by atoms with E-state index in [1.165, 1.54) is 12.8 Å². The van der Waals surface area contributed by atoms with Crippen LogP contribution in [0.2, 0.25) is 0 Å². The van der Waals surface area contributed by atoms with E-state index in [0.29, 0.717) is 11.8 Å². The first-order valence-electron chi connectivity index (χ1n) is 13.2. The number of aromatic nitrogens is 2. The Kier molecular flexibility index (Phi) is 4.34. The standard InChI is InChI=1S/C30H40N2O2/c1-25(2)19-13-15-27(25,5)29(33,17-19)23-11-7-9-21(31-23)22-10-8-12-24(32-22)30(34)18-20-14-16-28(30,6)26(20,3)4/h7-12,19-20,33-34H,13-18H2,1-6H3/t19-,20-,27-,28-,29+,30+/m0/s1. The van der Waals surface area contributed by atoms with E-state index in [4.69, 9.17) is 9.97 Å².